The van der Waals surface area contributed by atoms with Crippen LogP contribution in [0.25, 0.3) is 0 Å². The lowest BCUT2D eigenvalue weighted by molar-refractivity contribution is 0.0752. The fourth-order valence-corrected chi connectivity index (χ4v) is 0.103. The quantitative estimate of drug-likeness (QED) is 0.514. The lowest BCUT2D eigenvalue weighted by Crippen LogP contribution is -2.06. The SMILES string of the molecule is C=CC(F)C(F)F.O=S(O)O. The van der Waals surface area contributed by atoms with Crippen molar-refractivity contribution >= 4 is 11.4 Å². The van der Waals surface area contributed by atoms with Crippen LogP contribution >= 0.6 is 0 Å². The summed E-state index contributed by atoms with van der Waals surface area (Å²) in [4.78, 5) is 0. The van der Waals surface area contributed by atoms with Crippen molar-refractivity contribution in [1.29, 1.82) is 0 Å². The van der Waals surface area contributed by atoms with Crippen molar-refractivity contribution in [2.75, 3.05) is 0 Å². The molecule has 0 saturated heterocycles. The Hall–Kier alpha value is -0.400. The van der Waals surface area contributed by atoms with Gasteiger partial charge < -0.3 is 0 Å². The molecule has 0 saturated carbocycles. The Labute approximate surface area is 64.0 Å². The molecule has 0 aliphatic rings. The molecule has 7 heteroatoms. The largest absolute Gasteiger partial charge is 0.299 e. The lowest BCUT2D eigenvalue weighted by atomic mass is 10.4. The summed E-state index contributed by atoms with van der Waals surface area (Å²) < 4.78 is 56.2. The molecule has 0 heterocycles. The van der Waals surface area contributed by atoms with Gasteiger partial charge >= 0.3 is 0 Å². The lowest BCUT2D eigenvalue weighted by Gasteiger charge is -1.95. The Morgan fingerprint density at radius 3 is 1.64 bits per heavy atom. The van der Waals surface area contributed by atoms with Crippen molar-refractivity contribution in [3.63, 3.8) is 0 Å². The van der Waals surface area contributed by atoms with Crippen LogP contribution in [-0.4, -0.2) is 25.9 Å². The third-order valence-corrected chi connectivity index (χ3v) is 0.466. The third-order valence-electron chi connectivity index (χ3n) is 0.466. The van der Waals surface area contributed by atoms with Crippen LogP contribution in [0.2, 0.25) is 0 Å². The molecule has 0 aromatic carbocycles. The van der Waals surface area contributed by atoms with Crippen LogP contribution in [0.4, 0.5) is 13.2 Å². The summed E-state index contributed by atoms with van der Waals surface area (Å²) in [6.45, 7) is 2.83. The first-order valence-electron chi connectivity index (χ1n) is 2.26. The smallest absolute Gasteiger partial charge is 0.284 e. The Morgan fingerprint density at radius 2 is 1.64 bits per heavy atom. The fraction of sp³-hybridized carbons (Fsp3) is 0.500. The van der Waals surface area contributed by atoms with Gasteiger partial charge in [-0.15, -0.1) is 6.58 Å². The van der Waals surface area contributed by atoms with E-state index in [1.807, 2.05) is 0 Å². The van der Waals surface area contributed by atoms with Crippen molar-refractivity contribution in [2.45, 2.75) is 12.6 Å². The van der Waals surface area contributed by atoms with Gasteiger partial charge in [-0.3, -0.25) is 9.11 Å². The Balaban J connectivity index is 0. The Kier molecular flexibility index (Phi) is 9.25. The Morgan fingerprint density at radius 1 is 1.36 bits per heavy atom. The molecule has 0 aliphatic carbocycles. The molecule has 0 rings (SSSR count). The van der Waals surface area contributed by atoms with Gasteiger partial charge in [-0.2, -0.15) is 4.21 Å². The summed E-state index contributed by atoms with van der Waals surface area (Å²) in [5.41, 5.74) is 0. The zero-order valence-electron chi connectivity index (χ0n) is 5.28. The predicted octanol–water partition coefficient (Wildman–Crippen LogP) is 1.46. The summed E-state index contributed by atoms with van der Waals surface area (Å²) in [5.74, 6) is 0. The number of alkyl halides is 3. The maximum atomic E-state index is 11.4. The van der Waals surface area contributed by atoms with E-state index < -0.39 is 24.0 Å². The van der Waals surface area contributed by atoms with Gasteiger partial charge in [0.15, 0.2) is 6.17 Å². The maximum Gasteiger partial charge on any atom is 0.299 e. The van der Waals surface area contributed by atoms with Crippen molar-refractivity contribution in [2.24, 2.45) is 0 Å². The standard InChI is InChI=1S/C4H5F3.H2O3S/c1-2-3(5)4(6)7;1-4(2)3/h2-4H,1H2;(H2,1,2,3). The van der Waals surface area contributed by atoms with Crippen molar-refractivity contribution in [3.8, 4) is 0 Å². The summed E-state index contributed by atoms with van der Waals surface area (Å²) in [5, 5.41) is 0. The average molecular weight is 192 g/mol. The molecule has 3 nitrogen and oxygen atoms in total. The molecule has 0 aromatic rings. The first-order valence-corrected chi connectivity index (χ1v) is 3.33. The van der Waals surface area contributed by atoms with E-state index in [4.69, 9.17) is 13.3 Å². The molecule has 2 N–H and O–H groups in total. The molecule has 0 fully saturated rings. The first-order chi connectivity index (χ1) is 4.91. The van der Waals surface area contributed by atoms with Gasteiger partial charge in [0.05, 0.1) is 0 Å². The van der Waals surface area contributed by atoms with Crippen molar-refractivity contribution in [1.82, 2.24) is 0 Å². The minimum absolute atomic E-state index is 0.574. The number of hydrogen-bond donors (Lipinski definition) is 2. The second-order valence-electron chi connectivity index (χ2n) is 1.25. The molecular weight excluding hydrogens is 185 g/mol. The highest BCUT2D eigenvalue weighted by atomic mass is 32.2. The van der Waals surface area contributed by atoms with E-state index in [9.17, 15) is 13.2 Å². The van der Waals surface area contributed by atoms with Crippen LogP contribution in [0.5, 0.6) is 0 Å². The molecular formula is C4H7F3O3S. The monoisotopic (exact) mass is 192 g/mol. The normalized spacial score (nSPS) is 12.3. The number of hydrogen-bond acceptors (Lipinski definition) is 1. The highest BCUT2D eigenvalue weighted by Crippen LogP contribution is 2.04. The van der Waals surface area contributed by atoms with Gasteiger partial charge in [-0.1, -0.05) is 6.08 Å². The summed E-state index contributed by atoms with van der Waals surface area (Å²) >= 11 is -2.61. The molecule has 11 heavy (non-hydrogen) atoms. The zero-order chi connectivity index (χ0) is 9.44. The van der Waals surface area contributed by atoms with E-state index in [1.54, 1.807) is 0 Å². The van der Waals surface area contributed by atoms with E-state index in [1.165, 1.54) is 0 Å². The van der Waals surface area contributed by atoms with Crippen LogP contribution in [-0.2, 0) is 11.4 Å². The molecule has 1 unspecified atom stereocenters. The summed E-state index contributed by atoms with van der Waals surface area (Å²) in [7, 11) is 0. The number of halogens is 3. The molecule has 1 atom stereocenters. The van der Waals surface area contributed by atoms with E-state index in [-0.39, 0.29) is 0 Å². The minimum Gasteiger partial charge on any atom is -0.284 e. The van der Waals surface area contributed by atoms with Gasteiger partial charge in [-0.05, 0) is 0 Å². The molecule has 0 radical (unpaired) electrons. The van der Waals surface area contributed by atoms with E-state index in [2.05, 4.69) is 6.58 Å². The zero-order valence-corrected chi connectivity index (χ0v) is 6.10. The van der Waals surface area contributed by atoms with Crippen molar-refractivity contribution in [3.05, 3.63) is 12.7 Å². The highest BCUT2D eigenvalue weighted by molar-refractivity contribution is 7.73. The van der Waals surface area contributed by atoms with Crippen LogP contribution < -0.4 is 0 Å². The van der Waals surface area contributed by atoms with Crippen LogP contribution in [0.1, 0.15) is 0 Å². The fourth-order valence-electron chi connectivity index (χ4n) is 0.103. The van der Waals surface area contributed by atoms with Gasteiger partial charge in [0, 0.05) is 0 Å². The third kappa shape index (κ3) is 17.7. The Bertz CT molecular complexity index is 126. The van der Waals surface area contributed by atoms with Crippen LogP contribution in [0.15, 0.2) is 12.7 Å². The minimum atomic E-state index is -2.92. The number of rotatable bonds is 2. The topological polar surface area (TPSA) is 57.5 Å². The van der Waals surface area contributed by atoms with Crippen LogP contribution in [0.3, 0.4) is 0 Å². The molecule has 0 aromatic heterocycles. The van der Waals surface area contributed by atoms with E-state index >= 15 is 0 Å². The molecule has 0 aliphatic heterocycles. The van der Waals surface area contributed by atoms with E-state index in [0.717, 1.165) is 0 Å². The van der Waals surface area contributed by atoms with Crippen LogP contribution in [0, 0.1) is 0 Å². The summed E-state index contributed by atoms with van der Waals surface area (Å²) in [6.07, 6.45) is -4.51. The second-order valence-corrected chi connectivity index (χ2v) is 1.71. The van der Waals surface area contributed by atoms with Gasteiger partial charge in [-0.25, -0.2) is 13.2 Å². The molecule has 0 spiro atoms. The number of allylic oxidation sites excluding steroid dienone is 1. The maximum absolute atomic E-state index is 11.4. The highest BCUT2D eigenvalue weighted by Gasteiger charge is 2.13. The van der Waals surface area contributed by atoms with Gasteiger partial charge in [0.2, 0.25) is 0 Å². The molecule has 0 bridgehead atoms. The van der Waals surface area contributed by atoms with Gasteiger partial charge in [0.1, 0.15) is 0 Å². The average Bonchev–Trinajstić information content (AvgIpc) is 1.85. The van der Waals surface area contributed by atoms with E-state index in [0.29, 0.717) is 6.08 Å². The van der Waals surface area contributed by atoms with Gasteiger partial charge in [0.25, 0.3) is 17.8 Å². The second kappa shape index (κ2) is 7.70. The first kappa shape index (κ1) is 13.2. The predicted molar refractivity (Wildman–Crippen MR) is 34.5 cm³/mol. The van der Waals surface area contributed by atoms with Crippen molar-refractivity contribution < 1.29 is 26.5 Å². The molecule has 0 amide bonds. The molecule has 68 valence electrons. The summed E-state index contributed by atoms with van der Waals surface area (Å²) in [6, 6.07) is 0.